The highest BCUT2D eigenvalue weighted by molar-refractivity contribution is 9.13. The van der Waals surface area contributed by atoms with Crippen LogP contribution >= 0.6 is 43.2 Å². The van der Waals surface area contributed by atoms with E-state index in [1.165, 1.54) is 11.3 Å². The molecule has 0 spiro atoms. The van der Waals surface area contributed by atoms with Crippen molar-refractivity contribution in [3.05, 3.63) is 14.3 Å². The van der Waals surface area contributed by atoms with Crippen molar-refractivity contribution in [1.82, 2.24) is 0 Å². The highest BCUT2D eigenvalue weighted by atomic mass is 79.9. The zero-order valence-corrected chi connectivity index (χ0v) is 9.94. The molecular weight excluding hydrogens is 316 g/mol. The number of thiophene rings is 1. The van der Waals surface area contributed by atoms with E-state index in [0.717, 1.165) is 4.47 Å². The maximum absolute atomic E-state index is 11.0. The van der Waals surface area contributed by atoms with Crippen molar-refractivity contribution in [3.63, 3.8) is 0 Å². The highest BCUT2D eigenvalue weighted by Crippen LogP contribution is 2.34. The molecule has 3 N–H and O–H groups in total. The monoisotopic (exact) mass is 318 g/mol. The molecule has 0 saturated carbocycles. The lowest BCUT2D eigenvalue weighted by Crippen LogP contribution is -2.08. The molecule has 0 aromatic carbocycles. The van der Waals surface area contributed by atoms with Crippen LogP contribution < -0.4 is 5.14 Å². The molecule has 1 unspecified atom stereocenters. The molecule has 0 aliphatic rings. The number of nitrogens with one attached hydrogen (secondary N) is 1. The second-order valence-corrected chi connectivity index (χ2v) is 6.18. The van der Waals surface area contributed by atoms with Crippen molar-refractivity contribution >= 4 is 53.1 Å². The Bertz CT molecular complexity index is 369. The molecule has 1 aromatic heterocycles. The number of nitrogens with two attached hydrogens (primary N) is 1. The second kappa shape index (κ2) is 3.14. The molecule has 11 heavy (non-hydrogen) atoms. The summed E-state index contributed by atoms with van der Waals surface area (Å²) in [5, 5.41) is 6.86. The Morgan fingerprint density at radius 2 is 2.18 bits per heavy atom. The molecule has 1 rings (SSSR count). The maximum Gasteiger partial charge on any atom is 0.142 e. The molecule has 3 nitrogen and oxygen atoms in total. The average Bonchev–Trinajstić information content (AvgIpc) is 2.11. The van der Waals surface area contributed by atoms with Gasteiger partial charge < -0.3 is 0 Å². The molecule has 7 heteroatoms. The first kappa shape index (κ1) is 9.66. The van der Waals surface area contributed by atoms with Crippen molar-refractivity contribution in [2.75, 3.05) is 0 Å². The van der Waals surface area contributed by atoms with Crippen LogP contribution in [0.3, 0.4) is 0 Å². The number of hydrogen-bond donors (Lipinski definition) is 2. The van der Waals surface area contributed by atoms with Gasteiger partial charge in [-0.05, 0) is 31.9 Å². The van der Waals surface area contributed by atoms with Crippen LogP contribution in [0.2, 0.25) is 0 Å². The van der Waals surface area contributed by atoms with Gasteiger partial charge in [0.15, 0.2) is 0 Å². The normalized spacial score (nSPS) is 16.3. The SMILES string of the molecule is N=S(N)(=O)c1scc(Br)c1Br. The predicted octanol–water partition coefficient (Wildman–Crippen LogP) is 2.55. The Morgan fingerprint density at radius 3 is 2.36 bits per heavy atom. The third kappa shape index (κ3) is 2.03. The third-order valence-corrected chi connectivity index (χ3v) is 6.30. The fraction of sp³-hybridized carbons (Fsp3) is 0. The summed E-state index contributed by atoms with van der Waals surface area (Å²) in [6.45, 7) is 0. The third-order valence-electron chi connectivity index (χ3n) is 0.934. The van der Waals surface area contributed by atoms with E-state index in [4.69, 9.17) is 9.92 Å². The zero-order chi connectivity index (χ0) is 8.65. The number of hydrogen-bond acceptors (Lipinski definition) is 3. The van der Waals surface area contributed by atoms with Gasteiger partial charge in [-0.1, -0.05) is 0 Å². The minimum absolute atomic E-state index is 0.365. The Kier molecular flexibility index (Phi) is 2.75. The van der Waals surface area contributed by atoms with Gasteiger partial charge in [-0.2, -0.15) is 0 Å². The summed E-state index contributed by atoms with van der Waals surface area (Å²) in [5.41, 5.74) is 0. The molecular formula is C4H4Br2N2OS2. The van der Waals surface area contributed by atoms with E-state index in [0.29, 0.717) is 8.68 Å². The van der Waals surface area contributed by atoms with Crippen molar-refractivity contribution < 1.29 is 4.21 Å². The van der Waals surface area contributed by atoms with Crippen LogP contribution in [0.1, 0.15) is 0 Å². The summed E-state index contributed by atoms with van der Waals surface area (Å²) in [6, 6.07) is 0. The highest BCUT2D eigenvalue weighted by Gasteiger charge is 2.13. The largest absolute Gasteiger partial charge is 0.240 e. The van der Waals surface area contributed by atoms with Gasteiger partial charge in [0.1, 0.15) is 14.1 Å². The Morgan fingerprint density at radius 1 is 1.64 bits per heavy atom. The van der Waals surface area contributed by atoms with Crippen LogP contribution in [0.25, 0.3) is 0 Å². The van der Waals surface area contributed by atoms with Crippen molar-refractivity contribution in [3.8, 4) is 0 Å². The lowest BCUT2D eigenvalue weighted by molar-refractivity contribution is 0.677. The van der Waals surface area contributed by atoms with E-state index in [9.17, 15) is 4.21 Å². The van der Waals surface area contributed by atoms with E-state index < -0.39 is 9.92 Å². The van der Waals surface area contributed by atoms with Crippen molar-refractivity contribution in [2.24, 2.45) is 5.14 Å². The number of halogens is 2. The van der Waals surface area contributed by atoms with E-state index in [1.54, 1.807) is 5.38 Å². The van der Waals surface area contributed by atoms with Crippen molar-refractivity contribution in [1.29, 1.82) is 4.78 Å². The first-order valence-corrected chi connectivity index (χ1v) is 6.50. The molecule has 1 atom stereocenters. The van der Waals surface area contributed by atoms with E-state index >= 15 is 0 Å². The van der Waals surface area contributed by atoms with Gasteiger partial charge in [-0.3, -0.25) is 0 Å². The van der Waals surface area contributed by atoms with Crippen LogP contribution in [0.5, 0.6) is 0 Å². The second-order valence-electron chi connectivity index (χ2n) is 1.79. The van der Waals surface area contributed by atoms with Gasteiger partial charge in [-0.15, -0.1) is 11.3 Å². The lowest BCUT2D eigenvalue weighted by Gasteiger charge is -1.95. The molecule has 62 valence electrons. The fourth-order valence-corrected chi connectivity index (χ4v) is 4.15. The molecule has 0 bridgehead atoms. The van der Waals surface area contributed by atoms with E-state index in [-0.39, 0.29) is 0 Å². The molecule has 0 saturated heterocycles. The first-order valence-electron chi connectivity index (χ1n) is 2.42. The fourth-order valence-electron chi connectivity index (χ4n) is 0.511. The Hall–Kier alpha value is 0.570. The number of rotatable bonds is 1. The van der Waals surface area contributed by atoms with Gasteiger partial charge in [-0.25, -0.2) is 14.1 Å². The summed E-state index contributed by atoms with van der Waals surface area (Å²) in [5.74, 6) is 0. The Labute approximate surface area is 85.4 Å². The lowest BCUT2D eigenvalue weighted by atomic mass is 10.7. The molecule has 0 fully saturated rings. The van der Waals surface area contributed by atoms with Gasteiger partial charge in [0.25, 0.3) is 0 Å². The summed E-state index contributed by atoms with van der Waals surface area (Å²) in [4.78, 5) is 0. The van der Waals surface area contributed by atoms with Crippen LogP contribution in [0.15, 0.2) is 18.5 Å². The summed E-state index contributed by atoms with van der Waals surface area (Å²) < 4.78 is 19.9. The standard InChI is InChI=1S/C4H4Br2N2OS2/c5-2-1-10-4(3(2)6)11(7,8)9/h1H,(H3,7,8,9). The summed E-state index contributed by atoms with van der Waals surface area (Å²) in [6.07, 6.45) is 0. The molecule has 0 radical (unpaired) electrons. The van der Waals surface area contributed by atoms with Gasteiger partial charge in [0, 0.05) is 9.85 Å². The molecule has 0 amide bonds. The molecule has 0 aliphatic heterocycles. The molecule has 1 heterocycles. The van der Waals surface area contributed by atoms with Crippen molar-refractivity contribution in [2.45, 2.75) is 4.21 Å². The first-order chi connectivity index (χ1) is 4.93. The molecule has 0 aliphatic carbocycles. The van der Waals surface area contributed by atoms with E-state index in [2.05, 4.69) is 31.9 Å². The van der Waals surface area contributed by atoms with Crippen LogP contribution in [0.4, 0.5) is 0 Å². The minimum Gasteiger partial charge on any atom is -0.240 e. The van der Waals surface area contributed by atoms with Gasteiger partial charge in [0.2, 0.25) is 0 Å². The maximum atomic E-state index is 11.0. The average molecular weight is 320 g/mol. The Balaban J connectivity index is 3.38. The summed E-state index contributed by atoms with van der Waals surface area (Å²) >= 11 is 7.58. The van der Waals surface area contributed by atoms with Crippen LogP contribution in [-0.2, 0) is 9.92 Å². The van der Waals surface area contributed by atoms with Crippen LogP contribution in [-0.4, -0.2) is 4.21 Å². The van der Waals surface area contributed by atoms with Gasteiger partial charge in [0.05, 0.1) is 4.47 Å². The summed E-state index contributed by atoms with van der Waals surface area (Å²) in [7, 11) is -3.07. The zero-order valence-electron chi connectivity index (χ0n) is 5.14. The van der Waals surface area contributed by atoms with E-state index in [1.807, 2.05) is 0 Å². The van der Waals surface area contributed by atoms with Crippen LogP contribution in [0, 0.1) is 4.78 Å². The predicted molar refractivity (Wildman–Crippen MR) is 53.0 cm³/mol. The molecule has 1 aromatic rings. The smallest absolute Gasteiger partial charge is 0.142 e. The quantitative estimate of drug-likeness (QED) is 0.820. The van der Waals surface area contributed by atoms with Gasteiger partial charge >= 0.3 is 0 Å². The topological polar surface area (TPSA) is 66.9 Å². The minimum atomic E-state index is -3.07.